The third-order valence-corrected chi connectivity index (χ3v) is 7.24. The molecule has 9 nitrogen and oxygen atoms in total. The van der Waals surface area contributed by atoms with E-state index in [0.717, 1.165) is 24.3 Å². The Labute approximate surface area is 186 Å². The van der Waals surface area contributed by atoms with E-state index in [2.05, 4.69) is 25.7 Å². The quantitative estimate of drug-likeness (QED) is 0.420. The molecule has 1 aliphatic rings. The van der Waals surface area contributed by atoms with E-state index in [1.165, 1.54) is 23.0 Å². The molecule has 4 aromatic rings. The maximum Gasteiger partial charge on any atom is 0.269 e. The van der Waals surface area contributed by atoms with Crippen molar-refractivity contribution in [1.29, 1.82) is 0 Å². The van der Waals surface area contributed by atoms with Crippen LogP contribution in [0.3, 0.4) is 0 Å². The van der Waals surface area contributed by atoms with Gasteiger partial charge >= 0.3 is 0 Å². The molecule has 0 aliphatic heterocycles. The minimum Gasteiger partial charge on any atom is -0.369 e. The highest BCUT2D eigenvalue weighted by Gasteiger charge is 2.24. The van der Waals surface area contributed by atoms with Gasteiger partial charge in [-0.1, -0.05) is 17.7 Å². The highest BCUT2D eigenvalue weighted by atomic mass is 32.2. The van der Waals surface area contributed by atoms with Gasteiger partial charge in [-0.2, -0.15) is 15.1 Å². The summed E-state index contributed by atoms with van der Waals surface area (Å²) in [5.74, 6) is 1.56. The first-order valence-electron chi connectivity index (χ1n) is 10.7. The molecule has 0 unspecified atom stereocenters. The molecule has 0 radical (unpaired) electrons. The van der Waals surface area contributed by atoms with Crippen molar-refractivity contribution >= 4 is 38.5 Å². The van der Waals surface area contributed by atoms with E-state index in [0.29, 0.717) is 28.7 Å². The Morgan fingerprint density at radius 3 is 2.59 bits per heavy atom. The maximum atomic E-state index is 13.4. The summed E-state index contributed by atoms with van der Waals surface area (Å²) in [6, 6.07) is 8.54. The van der Waals surface area contributed by atoms with Crippen molar-refractivity contribution in [2.75, 3.05) is 17.2 Å². The molecule has 166 valence electrons. The third kappa shape index (κ3) is 3.93. The first-order chi connectivity index (χ1) is 15.4. The normalized spacial score (nSPS) is 14.1. The molecule has 1 fully saturated rings. The van der Waals surface area contributed by atoms with Crippen LogP contribution in [0.15, 0.2) is 53.8 Å². The summed E-state index contributed by atoms with van der Waals surface area (Å²) in [6.07, 6.45) is 7.48. The number of aryl methyl sites for hydroxylation is 2. The monoisotopic (exact) mass is 451 g/mol. The largest absolute Gasteiger partial charge is 0.369 e. The van der Waals surface area contributed by atoms with Gasteiger partial charge in [0.1, 0.15) is 5.82 Å². The molecule has 5 rings (SSSR count). The van der Waals surface area contributed by atoms with Crippen LogP contribution < -0.4 is 10.6 Å². The van der Waals surface area contributed by atoms with Gasteiger partial charge in [-0.25, -0.2) is 12.4 Å². The molecule has 1 aromatic carbocycles. The molecule has 2 N–H and O–H groups in total. The van der Waals surface area contributed by atoms with Crippen LogP contribution in [0.1, 0.15) is 25.3 Å². The number of benzene rings is 1. The number of rotatable bonds is 8. The molecule has 0 spiro atoms. The van der Waals surface area contributed by atoms with E-state index in [1.54, 1.807) is 41.2 Å². The second-order valence-corrected chi connectivity index (χ2v) is 9.91. The van der Waals surface area contributed by atoms with Crippen LogP contribution in [0.4, 0.5) is 17.5 Å². The second kappa shape index (κ2) is 7.94. The summed E-state index contributed by atoms with van der Waals surface area (Å²) in [5, 5.41) is 11.5. The lowest BCUT2D eigenvalue weighted by Gasteiger charge is -2.11. The first-order valence-corrected chi connectivity index (χ1v) is 12.1. The van der Waals surface area contributed by atoms with Crippen LogP contribution in [0.2, 0.25) is 0 Å². The number of hydrogen-bond donors (Lipinski definition) is 2. The minimum absolute atomic E-state index is 0.213. The van der Waals surface area contributed by atoms with Crippen LogP contribution in [-0.4, -0.2) is 38.7 Å². The lowest BCUT2D eigenvalue weighted by Crippen LogP contribution is -2.14. The molecular weight excluding hydrogens is 426 g/mol. The summed E-state index contributed by atoms with van der Waals surface area (Å²) < 4.78 is 29.7. The van der Waals surface area contributed by atoms with E-state index >= 15 is 0 Å². The molecular formula is C22H25N7O2S. The van der Waals surface area contributed by atoms with Gasteiger partial charge in [0.25, 0.3) is 10.0 Å². The molecule has 0 bridgehead atoms. The summed E-state index contributed by atoms with van der Waals surface area (Å²) in [6.45, 7) is 5.47. The van der Waals surface area contributed by atoms with E-state index in [4.69, 9.17) is 0 Å². The van der Waals surface area contributed by atoms with E-state index < -0.39 is 10.0 Å². The number of hydrogen-bond acceptors (Lipinski definition) is 7. The minimum atomic E-state index is -3.81. The van der Waals surface area contributed by atoms with Crippen molar-refractivity contribution in [2.24, 2.45) is 5.92 Å². The van der Waals surface area contributed by atoms with Gasteiger partial charge in [0.15, 0.2) is 5.65 Å². The molecule has 1 aliphatic carbocycles. The zero-order valence-corrected chi connectivity index (χ0v) is 18.8. The zero-order valence-electron chi connectivity index (χ0n) is 18.0. The number of fused-ring (bicyclic) bond motifs is 1. The Bertz CT molecular complexity index is 1370. The van der Waals surface area contributed by atoms with Crippen molar-refractivity contribution < 1.29 is 8.42 Å². The van der Waals surface area contributed by atoms with Crippen molar-refractivity contribution in [3.63, 3.8) is 0 Å². The number of nitrogens with one attached hydrogen (secondary N) is 2. The molecule has 3 heterocycles. The van der Waals surface area contributed by atoms with Gasteiger partial charge < -0.3 is 10.6 Å². The highest BCUT2D eigenvalue weighted by molar-refractivity contribution is 7.90. The average molecular weight is 452 g/mol. The van der Waals surface area contributed by atoms with Crippen molar-refractivity contribution in [3.05, 3.63) is 54.5 Å². The molecule has 32 heavy (non-hydrogen) atoms. The van der Waals surface area contributed by atoms with Crippen LogP contribution in [0, 0.1) is 12.8 Å². The van der Waals surface area contributed by atoms with Crippen LogP contribution >= 0.6 is 0 Å². The van der Waals surface area contributed by atoms with E-state index in [1.807, 2.05) is 20.0 Å². The molecule has 0 amide bonds. The van der Waals surface area contributed by atoms with E-state index in [-0.39, 0.29) is 4.90 Å². The van der Waals surface area contributed by atoms with Crippen molar-refractivity contribution in [2.45, 2.75) is 38.1 Å². The second-order valence-electron chi connectivity index (χ2n) is 8.10. The summed E-state index contributed by atoms with van der Waals surface area (Å²) in [4.78, 5) is 9.41. The Hall–Kier alpha value is -3.40. The Morgan fingerprint density at radius 1 is 1.12 bits per heavy atom. The Kier molecular flexibility index (Phi) is 5.09. The summed E-state index contributed by atoms with van der Waals surface area (Å²) in [5.41, 5.74) is 2.05. The van der Waals surface area contributed by atoms with E-state index in [9.17, 15) is 8.42 Å². The third-order valence-electron chi connectivity index (χ3n) is 5.56. The topological polar surface area (TPSA) is 107 Å². The van der Waals surface area contributed by atoms with Gasteiger partial charge in [-0.15, -0.1) is 0 Å². The van der Waals surface area contributed by atoms with Crippen molar-refractivity contribution in [3.8, 4) is 0 Å². The molecule has 10 heteroatoms. The standard InChI is InChI=1S/C22H25N7O2S/c1-3-28-14-17(13-24-28)25-22-26-20(23-12-16-6-7-16)19-10-11-29(21(19)27-22)32(30,31)18-8-4-15(2)5-9-18/h4-5,8-11,13-14,16H,3,6-7,12H2,1-2H3,(H2,23,25,26,27). The Morgan fingerprint density at radius 2 is 1.91 bits per heavy atom. The average Bonchev–Trinajstić information content (AvgIpc) is 3.32. The lowest BCUT2D eigenvalue weighted by atomic mass is 10.2. The number of nitrogens with zero attached hydrogens (tertiary/aromatic N) is 5. The number of anilines is 3. The van der Waals surface area contributed by atoms with Crippen molar-refractivity contribution in [1.82, 2.24) is 23.7 Å². The number of aromatic nitrogens is 5. The highest BCUT2D eigenvalue weighted by Crippen LogP contribution is 2.31. The predicted molar refractivity (Wildman–Crippen MR) is 124 cm³/mol. The summed E-state index contributed by atoms with van der Waals surface area (Å²) >= 11 is 0. The van der Waals surface area contributed by atoms with Crippen LogP contribution in [0.25, 0.3) is 11.0 Å². The fourth-order valence-corrected chi connectivity index (χ4v) is 4.79. The molecule has 0 atom stereocenters. The summed E-state index contributed by atoms with van der Waals surface area (Å²) in [7, 11) is -3.81. The maximum absolute atomic E-state index is 13.4. The Balaban J connectivity index is 1.59. The van der Waals surface area contributed by atoms with Gasteiger partial charge in [0.05, 0.1) is 22.2 Å². The molecule has 3 aromatic heterocycles. The molecule has 1 saturated carbocycles. The fourth-order valence-electron chi connectivity index (χ4n) is 3.49. The SMILES string of the molecule is CCn1cc(Nc2nc(NCC3CC3)c3ccn(S(=O)(=O)c4ccc(C)cc4)c3n2)cn1. The van der Waals surface area contributed by atoms with Gasteiger partial charge in [0.2, 0.25) is 5.95 Å². The van der Waals surface area contributed by atoms with Crippen LogP contribution in [-0.2, 0) is 16.6 Å². The van der Waals surface area contributed by atoms with Gasteiger partial charge in [-0.3, -0.25) is 4.68 Å². The van der Waals surface area contributed by atoms with Crippen LogP contribution in [0.5, 0.6) is 0 Å². The smallest absolute Gasteiger partial charge is 0.269 e. The van der Waals surface area contributed by atoms with Gasteiger partial charge in [0, 0.05) is 25.5 Å². The predicted octanol–water partition coefficient (Wildman–Crippen LogP) is 3.76. The van der Waals surface area contributed by atoms with Gasteiger partial charge in [-0.05, 0) is 50.8 Å². The first kappa shape index (κ1) is 20.5. The fraction of sp³-hybridized carbons (Fsp3) is 0.318. The zero-order chi connectivity index (χ0) is 22.3. The molecule has 0 saturated heterocycles. The lowest BCUT2D eigenvalue weighted by molar-refractivity contribution is 0.589.